The Hall–Kier alpha value is -3.18. The smallest absolute Gasteiger partial charge is 0.231 e. The fourth-order valence-corrected chi connectivity index (χ4v) is 4.26. The highest BCUT2D eigenvalue weighted by Gasteiger charge is 2.50. The lowest BCUT2D eigenvalue weighted by molar-refractivity contribution is -0.120. The van der Waals surface area contributed by atoms with Crippen LogP contribution in [0.15, 0.2) is 54.6 Å². The zero-order valence-corrected chi connectivity index (χ0v) is 17.0. The van der Waals surface area contributed by atoms with Gasteiger partial charge < -0.3 is 15.2 Å². The molecule has 2 N–H and O–H groups in total. The standard InChI is InChI=1S/C25H24N2O3.H2/c1-16-21(18-4-2-3-17(11-18)14-26)7-6-20(27-16)13-24(28)25(9-10-25)19-5-8-22-23(12-19)30-15-29-22;/h2-8,11-12H,9-10,13-15,26H2,1H3;1H. The molecule has 2 heterocycles. The van der Waals surface area contributed by atoms with Gasteiger partial charge in [0.15, 0.2) is 11.5 Å². The minimum Gasteiger partial charge on any atom is -0.454 e. The van der Waals surface area contributed by atoms with Crippen molar-refractivity contribution in [1.29, 1.82) is 0 Å². The van der Waals surface area contributed by atoms with Gasteiger partial charge in [-0.25, -0.2) is 0 Å². The second-order valence-corrected chi connectivity index (χ2v) is 8.09. The number of aryl methyl sites for hydroxylation is 1. The van der Waals surface area contributed by atoms with Crippen LogP contribution < -0.4 is 15.2 Å². The quantitative estimate of drug-likeness (QED) is 0.664. The van der Waals surface area contributed by atoms with E-state index in [0.717, 1.165) is 58.0 Å². The average molecular weight is 402 g/mol. The lowest BCUT2D eigenvalue weighted by atomic mass is 9.88. The summed E-state index contributed by atoms with van der Waals surface area (Å²) in [4.78, 5) is 18.0. The second-order valence-electron chi connectivity index (χ2n) is 8.09. The van der Waals surface area contributed by atoms with Crippen molar-refractivity contribution in [2.75, 3.05) is 6.79 Å². The average Bonchev–Trinajstić information content (AvgIpc) is 3.45. The SMILES string of the molecule is Cc1nc(CC(=O)C2(c3ccc4c(c3)OCO4)CC2)ccc1-c1cccc(CN)c1.[HH]. The van der Waals surface area contributed by atoms with Crippen molar-refractivity contribution in [2.24, 2.45) is 5.73 Å². The Kier molecular flexibility index (Phi) is 4.55. The zero-order valence-electron chi connectivity index (χ0n) is 17.0. The van der Waals surface area contributed by atoms with E-state index in [2.05, 4.69) is 18.2 Å². The van der Waals surface area contributed by atoms with Crippen LogP contribution in [0.3, 0.4) is 0 Å². The van der Waals surface area contributed by atoms with Gasteiger partial charge in [-0.15, -0.1) is 0 Å². The van der Waals surface area contributed by atoms with Gasteiger partial charge in [-0.05, 0) is 60.7 Å². The topological polar surface area (TPSA) is 74.4 Å². The van der Waals surface area contributed by atoms with Gasteiger partial charge in [0.05, 0.1) is 5.41 Å². The van der Waals surface area contributed by atoms with Crippen molar-refractivity contribution in [3.8, 4) is 22.6 Å². The van der Waals surface area contributed by atoms with E-state index in [0.29, 0.717) is 13.0 Å². The van der Waals surface area contributed by atoms with Crippen LogP contribution in [-0.4, -0.2) is 17.6 Å². The maximum atomic E-state index is 13.2. The molecule has 5 rings (SSSR count). The van der Waals surface area contributed by atoms with E-state index in [-0.39, 0.29) is 14.0 Å². The predicted octanol–water partition coefficient (Wildman–Crippen LogP) is 4.33. The number of aromatic nitrogens is 1. The molecular weight excluding hydrogens is 376 g/mol. The van der Waals surface area contributed by atoms with Crippen molar-refractivity contribution in [1.82, 2.24) is 4.98 Å². The molecule has 2 aromatic carbocycles. The molecule has 0 spiro atoms. The molecule has 5 nitrogen and oxygen atoms in total. The summed E-state index contributed by atoms with van der Waals surface area (Å²) >= 11 is 0. The molecule has 1 fully saturated rings. The summed E-state index contributed by atoms with van der Waals surface area (Å²) in [5, 5.41) is 0. The summed E-state index contributed by atoms with van der Waals surface area (Å²) in [6, 6.07) is 18.1. The minimum atomic E-state index is -0.412. The predicted molar refractivity (Wildman–Crippen MR) is 117 cm³/mol. The number of ketones is 1. The molecule has 154 valence electrons. The number of hydrogen-bond acceptors (Lipinski definition) is 5. The Morgan fingerprint density at radius 1 is 1.10 bits per heavy atom. The van der Waals surface area contributed by atoms with Gasteiger partial charge in [0.25, 0.3) is 0 Å². The van der Waals surface area contributed by atoms with E-state index in [9.17, 15) is 4.79 Å². The molecule has 3 aromatic rings. The minimum absolute atomic E-state index is 0. The van der Waals surface area contributed by atoms with Crippen molar-refractivity contribution in [3.63, 3.8) is 0 Å². The molecule has 0 radical (unpaired) electrons. The number of fused-ring (bicyclic) bond motifs is 1. The monoisotopic (exact) mass is 402 g/mol. The van der Waals surface area contributed by atoms with E-state index in [1.807, 2.05) is 43.3 Å². The maximum absolute atomic E-state index is 13.2. The number of carbonyl (C=O) groups excluding carboxylic acids is 1. The van der Waals surface area contributed by atoms with Gasteiger partial charge in [-0.3, -0.25) is 9.78 Å². The van der Waals surface area contributed by atoms with E-state index < -0.39 is 5.41 Å². The molecule has 0 amide bonds. The van der Waals surface area contributed by atoms with Crippen LogP contribution in [0.25, 0.3) is 11.1 Å². The van der Waals surface area contributed by atoms with E-state index in [1.165, 1.54) is 0 Å². The molecule has 1 aliphatic carbocycles. The Morgan fingerprint density at radius 3 is 2.70 bits per heavy atom. The fraction of sp³-hybridized carbons (Fsp3) is 0.280. The third-order valence-electron chi connectivity index (χ3n) is 6.17. The fourth-order valence-electron chi connectivity index (χ4n) is 4.26. The molecule has 1 aromatic heterocycles. The first-order valence-electron chi connectivity index (χ1n) is 10.3. The van der Waals surface area contributed by atoms with Gasteiger partial charge in [0.2, 0.25) is 6.79 Å². The summed E-state index contributed by atoms with van der Waals surface area (Å²) in [7, 11) is 0. The molecule has 2 aliphatic rings. The first-order chi connectivity index (χ1) is 14.6. The van der Waals surface area contributed by atoms with E-state index in [4.69, 9.17) is 20.2 Å². The molecule has 1 aliphatic heterocycles. The summed E-state index contributed by atoms with van der Waals surface area (Å²) in [5.74, 6) is 1.68. The molecule has 0 atom stereocenters. The van der Waals surface area contributed by atoms with E-state index >= 15 is 0 Å². The van der Waals surface area contributed by atoms with Crippen LogP contribution in [0.5, 0.6) is 11.5 Å². The lowest BCUT2D eigenvalue weighted by Crippen LogP contribution is -2.23. The molecule has 0 bridgehead atoms. The Bertz CT molecular complexity index is 1140. The van der Waals surface area contributed by atoms with Crippen molar-refractivity contribution >= 4 is 5.78 Å². The number of pyridine rings is 1. The van der Waals surface area contributed by atoms with Crippen molar-refractivity contribution in [2.45, 2.75) is 38.1 Å². The van der Waals surface area contributed by atoms with Crippen LogP contribution >= 0.6 is 0 Å². The van der Waals surface area contributed by atoms with Gasteiger partial charge in [-0.2, -0.15) is 0 Å². The van der Waals surface area contributed by atoms with Crippen LogP contribution in [-0.2, 0) is 23.2 Å². The third kappa shape index (κ3) is 3.25. The first-order valence-corrected chi connectivity index (χ1v) is 10.3. The van der Waals surface area contributed by atoms with Gasteiger partial charge in [0, 0.05) is 31.3 Å². The molecular formula is C25H26N2O3. The summed E-state index contributed by atoms with van der Waals surface area (Å²) in [6.45, 7) is 2.74. The number of nitrogens with two attached hydrogens (primary N) is 1. The maximum Gasteiger partial charge on any atom is 0.231 e. The van der Waals surface area contributed by atoms with Crippen LogP contribution in [0, 0.1) is 6.92 Å². The number of ether oxygens (including phenoxy) is 2. The van der Waals surface area contributed by atoms with Crippen LogP contribution in [0.2, 0.25) is 0 Å². The van der Waals surface area contributed by atoms with E-state index in [1.54, 1.807) is 0 Å². The Labute approximate surface area is 177 Å². The van der Waals surface area contributed by atoms with Crippen LogP contribution in [0.1, 0.15) is 36.8 Å². The van der Waals surface area contributed by atoms with Gasteiger partial charge >= 0.3 is 0 Å². The molecule has 30 heavy (non-hydrogen) atoms. The molecule has 0 unspecified atom stereocenters. The van der Waals surface area contributed by atoms with Crippen molar-refractivity contribution in [3.05, 3.63) is 77.1 Å². The number of rotatable bonds is 6. The number of hydrogen-bond donors (Lipinski definition) is 1. The second kappa shape index (κ2) is 7.26. The number of Topliss-reactive ketones (excluding diaryl/α,β-unsaturated/α-hetero) is 1. The molecule has 1 saturated carbocycles. The highest BCUT2D eigenvalue weighted by molar-refractivity contribution is 5.94. The van der Waals surface area contributed by atoms with Gasteiger partial charge in [0.1, 0.15) is 5.78 Å². The summed E-state index contributed by atoms with van der Waals surface area (Å²) < 4.78 is 10.9. The molecule has 5 heteroatoms. The number of carbonyl (C=O) groups is 1. The largest absolute Gasteiger partial charge is 0.454 e. The highest BCUT2D eigenvalue weighted by Crippen LogP contribution is 2.51. The molecule has 0 saturated heterocycles. The third-order valence-corrected chi connectivity index (χ3v) is 6.17. The Morgan fingerprint density at radius 2 is 1.93 bits per heavy atom. The highest BCUT2D eigenvalue weighted by atomic mass is 16.7. The first kappa shape index (κ1) is 18.8. The lowest BCUT2D eigenvalue weighted by Gasteiger charge is -2.16. The number of nitrogens with zero attached hydrogens (tertiary/aromatic N) is 1. The summed E-state index contributed by atoms with van der Waals surface area (Å²) in [6.07, 6.45) is 2.07. The number of benzene rings is 2. The Balaban J connectivity index is 0.00000231. The van der Waals surface area contributed by atoms with Crippen LogP contribution in [0.4, 0.5) is 0 Å². The van der Waals surface area contributed by atoms with Gasteiger partial charge in [-0.1, -0.05) is 30.3 Å². The summed E-state index contributed by atoms with van der Waals surface area (Å²) in [5.41, 5.74) is 11.4. The normalized spacial score (nSPS) is 15.8. The zero-order chi connectivity index (χ0) is 20.7. The van der Waals surface area contributed by atoms with Crippen molar-refractivity contribution < 1.29 is 15.7 Å².